The topological polar surface area (TPSA) is 29.9 Å². The molecule has 0 aromatic carbocycles. The van der Waals surface area contributed by atoms with E-state index in [9.17, 15) is 13.2 Å². The first-order valence-corrected chi connectivity index (χ1v) is 4.67. The number of halogens is 3. The number of aromatic nitrogens is 2. The highest BCUT2D eigenvalue weighted by Gasteiger charge is 2.26. The maximum atomic E-state index is 11.9. The van der Waals surface area contributed by atoms with Crippen molar-refractivity contribution in [1.29, 1.82) is 0 Å². The third-order valence-electron chi connectivity index (χ3n) is 2.10. The molecule has 1 rings (SSSR count). The largest absolute Gasteiger partial charge is 0.390 e. The molecule has 1 atom stereocenters. The first kappa shape index (κ1) is 12.0. The number of rotatable bonds is 4. The molecule has 3 nitrogen and oxygen atoms in total. The average molecular weight is 221 g/mol. The Hall–Kier alpha value is -1.04. The molecule has 0 spiro atoms. The van der Waals surface area contributed by atoms with Crippen LogP contribution >= 0.6 is 0 Å². The van der Waals surface area contributed by atoms with Crippen LogP contribution in [0.15, 0.2) is 12.4 Å². The molecule has 15 heavy (non-hydrogen) atoms. The molecule has 0 fully saturated rings. The molecule has 0 aliphatic heterocycles. The lowest BCUT2D eigenvalue weighted by Crippen LogP contribution is -2.26. The Morgan fingerprint density at radius 3 is 2.67 bits per heavy atom. The number of imidazole rings is 1. The van der Waals surface area contributed by atoms with Crippen molar-refractivity contribution in [2.75, 3.05) is 6.54 Å². The first-order chi connectivity index (χ1) is 6.90. The van der Waals surface area contributed by atoms with Gasteiger partial charge in [-0.1, -0.05) is 0 Å². The quantitative estimate of drug-likeness (QED) is 0.843. The summed E-state index contributed by atoms with van der Waals surface area (Å²) in [6.07, 6.45) is -1.54. The van der Waals surface area contributed by atoms with Gasteiger partial charge in [0.05, 0.1) is 12.5 Å². The van der Waals surface area contributed by atoms with Crippen molar-refractivity contribution in [2.45, 2.75) is 25.6 Å². The lowest BCUT2D eigenvalue weighted by atomic mass is 10.3. The van der Waals surface area contributed by atoms with E-state index in [1.54, 1.807) is 23.9 Å². The van der Waals surface area contributed by atoms with Gasteiger partial charge in [-0.15, -0.1) is 0 Å². The average Bonchev–Trinajstić information content (AvgIpc) is 2.48. The third kappa shape index (κ3) is 3.91. The SMILES string of the molecule is CC(NCCC(F)(F)F)c1nccn1C. The molecule has 1 heterocycles. The van der Waals surface area contributed by atoms with E-state index >= 15 is 0 Å². The Morgan fingerprint density at radius 2 is 2.20 bits per heavy atom. The molecular formula is C9H14F3N3. The summed E-state index contributed by atoms with van der Waals surface area (Å²) in [5.74, 6) is 0.733. The zero-order valence-corrected chi connectivity index (χ0v) is 8.67. The van der Waals surface area contributed by atoms with Gasteiger partial charge in [0.1, 0.15) is 5.82 Å². The zero-order valence-electron chi connectivity index (χ0n) is 8.67. The summed E-state index contributed by atoms with van der Waals surface area (Å²) in [5, 5.41) is 2.78. The van der Waals surface area contributed by atoms with Crippen LogP contribution in [0.2, 0.25) is 0 Å². The van der Waals surface area contributed by atoms with Crippen LogP contribution in [0, 0.1) is 0 Å². The monoisotopic (exact) mass is 221 g/mol. The van der Waals surface area contributed by atoms with E-state index in [0.717, 1.165) is 5.82 Å². The van der Waals surface area contributed by atoms with Crippen LogP contribution in [-0.4, -0.2) is 22.3 Å². The second kappa shape index (κ2) is 4.65. The Kier molecular flexibility index (Phi) is 3.73. The normalized spacial score (nSPS) is 14.2. The van der Waals surface area contributed by atoms with Gasteiger partial charge in [-0.2, -0.15) is 13.2 Å². The summed E-state index contributed by atoms with van der Waals surface area (Å²) in [4.78, 5) is 4.05. The molecule has 1 N–H and O–H groups in total. The van der Waals surface area contributed by atoms with Crippen molar-refractivity contribution in [3.05, 3.63) is 18.2 Å². The molecule has 6 heteroatoms. The smallest absolute Gasteiger partial charge is 0.337 e. The van der Waals surface area contributed by atoms with E-state index < -0.39 is 12.6 Å². The number of alkyl halides is 3. The van der Waals surface area contributed by atoms with Gasteiger partial charge in [0.15, 0.2) is 0 Å². The number of nitrogens with zero attached hydrogens (tertiary/aromatic N) is 2. The summed E-state index contributed by atoms with van der Waals surface area (Å²) in [6.45, 7) is 1.70. The molecule has 0 saturated heterocycles. The number of aryl methyl sites for hydroxylation is 1. The minimum Gasteiger partial charge on any atom is -0.337 e. The highest BCUT2D eigenvalue weighted by molar-refractivity contribution is 4.96. The zero-order chi connectivity index (χ0) is 11.5. The Bertz CT molecular complexity index is 306. The van der Waals surface area contributed by atoms with E-state index in [1.165, 1.54) is 0 Å². The fourth-order valence-electron chi connectivity index (χ4n) is 1.32. The maximum Gasteiger partial charge on any atom is 0.390 e. The van der Waals surface area contributed by atoms with E-state index in [2.05, 4.69) is 10.3 Å². The molecule has 0 saturated carbocycles. The van der Waals surface area contributed by atoms with Crippen LogP contribution in [0.5, 0.6) is 0 Å². The lowest BCUT2D eigenvalue weighted by Gasteiger charge is -2.14. The molecule has 1 aromatic rings. The van der Waals surface area contributed by atoms with Crippen LogP contribution in [0.25, 0.3) is 0 Å². The summed E-state index contributed by atoms with van der Waals surface area (Å²) < 4.78 is 37.4. The number of nitrogens with one attached hydrogen (secondary N) is 1. The summed E-state index contributed by atoms with van der Waals surface area (Å²) >= 11 is 0. The third-order valence-corrected chi connectivity index (χ3v) is 2.10. The minimum atomic E-state index is -4.10. The van der Waals surface area contributed by atoms with Gasteiger partial charge in [-0.05, 0) is 6.92 Å². The highest BCUT2D eigenvalue weighted by Crippen LogP contribution is 2.19. The second-order valence-corrected chi connectivity index (χ2v) is 3.44. The van der Waals surface area contributed by atoms with Gasteiger partial charge in [0.25, 0.3) is 0 Å². The van der Waals surface area contributed by atoms with E-state index in [4.69, 9.17) is 0 Å². The predicted octanol–water partition coefficient (Wildman–Crippen LogP) is 2.02. The minimum absolute atomic E-state index is 0.0858. The molecule has 1 aromatic heterocycles. The molecule has 0 aliphatic rings. The fraction of sp³-hybridized carbons (Fsp3) is 0.667. The van der Waals surface area contributed by atoms with Gasteiger partial charge in [0.2, 0.25) is 0 Å². The van der Waals surface area contributed by atoms with Crippen molar-refractivity contribution >= 4 is 0 Å². The number of hydrogen-bond acceptors (Lipinski definition) is 2. The van der Waals surface area contributed by atoms with Crippen molar-refractivity contribution in [1.82, 2.24) is 14.9 Å². The molecule has 1 unspecified atom stereocenters. The van der Waals surface area contributed by atoms with Crippen LogP contribution < -0.4 is 5.32 Å². The van der Waals surface area contributed by atoms with Crippen molar-refractivity contribution < 1.29 is 13.2 Å². The van der Waals surface area contributed by atoms with Gasteiger partial charge >= 0.3 is 6.18 Å². The molecular weight excluding hydrogens is 207 g/mol. The first-order valence-electron chi connectivity index (χ1n) is 4.67. The van der Waals surface area contributed by atoms with Gasteiger partial charge in [0, 0.05) is 26.0 Å². The maximum absolute atomic E-state index is 11.9. The summed E-state index contributed by atoms with van der Waals surface area (Å²) in [6, 6.07) is -0.174. The molecule has 86 valence electrons. The summed E-state index contributed by atoms with van der Waals surface area (Å²) in [5.41, 5.74) is 0. The highest BCUT2D eigenvalue weighted by atomic mass is 19.4. The van der Waals surface area contributed by atoms with Crippen molar-refractivity contribution in [3.8, 4) is 0 Å². The molecule has 0 amide bonds. The van der Waals surface area contributed by atoms with Crippen LogP contribution in [-0.2, 0) is 7.05 Å². The standard InChI is InChI=1S/C9H14F3N3/c1-7(8-14-5-6-15(8)2)13-4-3-9(10,11)12/h5-7,13H,3-4H2,1-2H3. The molecule has 0 aliphatic carbocycles. The van der Waals surface area contributed by atoms with Crippen LogP contribution in [0.4, 0.5) is 13.2 Å². The molecule has 0 bridgehead atoms. The number of hydrogen-bond donors (Lipinski definition) is 1. The van der Waals surface area contributed by atoms with E-state index in [-0.39, 0.29) is 12.6 Å². The Balaban J connectivity index is 2.37. The summed E-state index contributed by atoms with van der Waals surface area (Å²) in [7, 11) is 1.81. The van der Waals surface area contributed by atoms with Gasteiger partial charge < -0.3 is 9.88 Å². The van der Waals surface area contributed by atoms with Crippen molar-refractivity contribution in [2.24, 2.45) is 7.05 Å². The van der Waals surface area contributed by atoms with E-state index in [1.807, 2.05) is 7.05 Å². The van der Waals surface area contributed by atoms with Gasteiger partial charge in [-0.3, -0.25) is 0 Å². The fourth-order valence-corrected chi connectivity index (χ4v) is 1.32. The molecule has 0 radical (unpaired) electrons. The second-order valence-electron chi connectivity index (χ2n) is 3.44. The van der Waals surface area contributed by atoms with Crippen molar-refractivity contribution in [3.63, 3.8) is 0 Å². The van der Waals surface area contributed by atoms with Crippen LogP contribution in [0.1, 0.15) is 25.2 Å². The Morgan fingerprint density at radius 1 is 1.53 bits per heavy atom. The lowest BCUT2D eigenvalue weighted by molar-refractivity contribution is -0.133. The van der Waals surface area contributed by atoms with E-state index in [0.29, 0.717) is 0 Å². The Labute approximate surface area is 86.3 Å². The van der Waals surface area contributed by atoms with Crippen LogP contribution in [0.3, 0.4) is 0 Å². The predicted molar refractivity (Wildman–Crippen MR) is 50.3 cm³/mol. The van der Waals surface area contributed by atoms with Gasteiger partial charge in [-0.25, -0.2) is 4.98 Å².